The molecule has 0 saturated carbocycles. The number of fused-ring (bicyclic) bond motifs is 3. The summed E-state index contributed by atoms with van der Waals surface area (Å²) >= 11 is 0. The van der Waals surface area contributed by atoms with Gasteiger partial charge in [-0.3, -0.25) is 14.8 Å². The second-order valence-electron chi connectivity index (χ2n) is 7.56. The standard InChI is InChI=1S/C23H22N4O6/c1-27-10-18(20(26-27)21(29)24-19(11-28)22(30)31)25-23(32)33-12-17-15-8-4-2-6-13(15)14-7-3-5-9-16(14)17/h2-10,17,19,28H,11-12H2,1H3,(H,24,29)(H,25,32)(H,30,31)/t19-/m1/s1. The molecule has 3 aromatic rings. The summed E-state index contributed by atoms with van der Waals surface area (Å²) in [6.07, 6.45) is 0.612. The first-order valence-electron chi connectivity index (χ1n) is 10.2. The van der Waals surface area contributed by atoms with E-state index in [4.69, 9.17) is 14.9 Å². The Hall–Kier alpha value is -4.18. The Balaban J connectivity index is 1.45. The minimum absolute atomic E-state index is 0.0503. The van der Waals surface area contributed by atoms with Crippen LogP contribution in [0.5, 0.6) is 0 Å². The average molecular weight is 450 g/mol. The van der Waals surface area contributed by atoms with Crippen molar-refractivity contribution in [2.45, 2.75) is 12.0 Å². The molecule has 2 aromatic carbocycles. The fraction of sp³-hybridized carbons (Fsp3) is 0.217. The van der Waals surface area contributed by atoms with Crippen LogP contribution in [-0.2, 0) is 16.6 Å². The number of carbonyl (C=O) groups is 3. The minimum atomic E-state index is -1.50. The van der Waals surface area contributed by atoms with Crippen LogP contribution in [0.3, 0.4) is 0 Å². The first-order chi connectivity index (χ1) is 15.9. The number of nitrogens with zero attached hydrogens (tertiary/aromatic N) is 2. The number of carboxylic acids is 1. The molecule has 2 amide bonds. The third-order valence-electron chi connectivity index (χ3n) is 5.41. The highest BCUT2D eigenvalue weighted by Gasteiger charge is 2.29. The summed E-state index contributed by atoms with van der Waals surface area (Å²) in [6.45, 7) is -0.698. The van der Waals surface area contributed by atoms with Gasteiger partial charge in [0.1, 0.15) is 6.61 Å². The lowest BCUT2D eigenvalue weighted by atomic mass is 9.98. The summed E-state index contributed by atoms with van der Waals surface area (Å²) in [4.78, 5) is 36.0. The van der Waals surface area contributed by atoms with E-state index in [2.05, 4.69) is 15.7 Å². The molecule has 0 unspecified atom stereocenters. The third-order valence-corrected chi connectivity index (χ3v) is 5.41. The molecule has 1 aliphatic carbocycles. The first-order valence-corrected chi connectivity index (χ1v) is 10.2. The number of anilines is 1. The molecule has 0 aliphatic heterocycles. The van der Waals surface area contributed by atoms with E-state index in [-0.39, 0.29) is 23.9 Å². The van der Waals surface area contributed by atoms with Gasteiger partial charge in [0, 0.05) is 19.2 Å². The van der Waals surface area contributed by atoms with Crippen molar-refractivity contribution in [2.24, 2.45) is 7.05 Å². The van der Waals surface area contributed by atoms with E-state index in [1.54, 1.807) is 7.05 Å². The van der Waals surface area contributed by atoms with Gasteiger partial charge in [-0.15, -0.1) is 0 Å². The first kappa shape index (κ1) is 22.0. The van der Waals surface area contributed by atoms with Gasteiger partial charge in [0.25, 0.3) is 5.91 Å². The summed E-state index contributed by atoms with van der Waals surface area (Å²) in [5, 5.41) is 26.7. The molecule has 4 N–H and O–H groups in total. The largest absolute Gasteiger partial charge is 0.480 e. The van der Waals surface area contributed by atoms with Gasteiger partial charge in [-0.05, 0) is 22.3 Å². The number of benzene rings is 2. The zero-order chi connectivity index (χ0) is 23.5. The molecular formula is C23H22N4O6. The van der Waals surface area contributed by atoms with Gasteiger partial charge >= 0.3 is 12.1 Å². The lowest BCUT2D eigenvalue weighted by Crippen LogP contribution is -2.43. The Morgan fingerprint density at radius 1 is 1.09 bits per heavy atom. The van der Waals surface area contributed by atoms with Gasteiger partial charge in [-0.2, -0.15) is 5.10 Å². The van der Waals surface area contributed by atoms with Crippen LogP contribution in [0.4, 0.5) is 10.5 Å². The number of hydrogen-bond acceptors (Lipinski definition) is 6. The highest BCUT2D eigenvalue weighted by atomic mass is 16.5. The van der Waals surface area contributed by atoms with E-state index in [1.165, 1.54) is 10.9 Å². The average Bonchev–Trinajstić information content (AvgIpc) is 3.33. The van der Waals surface area contributed by atoms with E-state index in [0.29, 0.717) is 0 Å². The number of ether oxygens (including phenoxy) is 1. The Bertz CT molecular complexity index is 1180. The molecule has 0 bridgehead atoms. The molecule has 1 aliphatic rings. The number of hydrogen-bond donors (Lipinski definition) is 4. The van der Waals surface area contributed by atoms with Crippen LogP contribution < -0.4 is 10.6 Å². The molecule has 4 rings (SSSR count). The number of rotatable bonds is 7. The molecule has 1 aromatic heterocycles. The summed E-state index contributed by atoms with van der Waals surface area (Å²) < 4.78 is 6.77. The zero-order valence-electron chi connectivity index (χ0n) is 17.7. The fourth-order valence-electron chi connectivity index (χ4n) is 3.90. The zero-order valence-corrected chi connectivity index (χ0v) is 17.7. The van der Waals surface area contributed by atoms with Crippen LogP contribution >= 0.6 is 0 Å². The Morgan fingerprint density at radius 2 is 1.70 bits per heavy atom. The second-order valence-corrected chi connectivity index (χ2v) is 7.56. The van der Waals surface area contributed by atoms with E-state index in [1.807, 2.05) is 48.5 Å². The molecule has 0 fully saturated rings. The lowest BCUT2D eigenvalue weighted by molar-refractivity contribution is -0.140. The molecule has 0 radical (unpaired) electrons. The molecule has 170 valence electrons. The van der Waals surface area contributed by atoms with Crippen molar-refractivity contribution in [1.29, 1.82) is 0 Å². The number of amides is 2. The summed E-state index contributed by atoms with van der Waals surface area (Å²) in [5.41, 5.74) is 4.18. The summed E-state index contributed by atoms with van der Waals surface area (Å²) in [7, 11) is 1.54. The van der Waals surface area contributed by atoms with E-state index in [9.17, 15) is 14.4 Å². The van der Waals surface area contributed by atoms with Crippen LogP contribution in [0.25, 0.3) is 11.1 Å². The molecule has 10 nitrogen and oxygen atoms in total. The third kappa shape index (κ3) is 4.41. The molecular weight excluding hydrogens is 428 g/mol. The maximum atomic E-state index is 12.5. The molecule has 1 atom stereocenters. The molecule has 10 heteroatoms. The summed E-state index contributed by atoms with van der Waals surface area (Å²) in [5.74, 6) is -2.38. The van der Waals surface area contributed by atoms with Gasteiger partial charge in [0.05, 0.1) is 12.3 Å². The highest BCUT2D eigenvalue weighted by Crippen LogP contribution is 2.44. The number of aliphatic carboxylic acids is 1. The number of nitrogens with one attached hydrogen (secondary N) is 2. The fourth-order valence-corrected chi connectivity index (χ4v) is 3.90. The Kier molecular flexibility index (Phi) is 6.09. The van der Waals surface area contributed by atoms with Crippen molar-refractivity contribution in [2.75, 3.05) is 18.5 Å². The topological polar surface area (TPSA) is 143 Å². The monoisotopic (exact) mass is 450 g/mol. The molecule has 0 saturated heterocycles. The van der Waals surface area contributed by atoms with Crippen molar-refractivity contribution in [3.63, 3.8) is 0 Å². The van der Waals surface area contributed by atoms with E-state index < -0.39 is 30.6 Å². The predicted molar refractivity (Wildman–Crippen MR) is 118 cm³/mol. The van der Waals surface area contributed by atoms with E-state index >= 15 is 0 Å². The van der Waals surface area contributed by atoms with Crippen molar-refractivity contribution in [3.05, 3.63) is 71.5 Å². The second kappa shape index (κ2) is 9.13. The quantitative estimate of drug-likeness (QED) is 0.431. The minimum Gasteiger partial charge on any atom is -0.480 e. The number of aryl methyl sites for hydroxylation is 1. The molecule has 0 spiro atoms. The normalized spacial score (nSPS) is 13.0. The van der Waals surface area contributed by atoms with Crippen molar-refractivity contribution in [3.8, 4) is 11.1 Å². The highest BCUT2D eigenvalue weighted by molar-refractivity contribution is 6.02. The number of carbonyl (C=O) groups excluding carboxylic acids is 2. The molecule has 1 heterocycles. The van der Waals surface area contributed by atoms with Crippen molar-refractivity contribution < 1.29 is 29.3 Å². The van der Waals surface area contributed by atoms with Gasteiger partial charge in [-0.1, -0.05) is 48.5 Å². The number of carboxylic acid groups (broad SMARTS) is 1. The molecule has 33 heavy (non-hydrogen) atoms. The van der Waals surface area contributed by atoms with Crippen LogP contribution in [0.1, 0.15) is 27.5 Å². The van der Waals surface area contributed by atoms with E-state index in [0.717, 1.165) is 22.3 Å². The number of aromatic nitrogens is 2. The maximum Gasteiger partial charge on any atom is 0.411 e. The number of aliphatic hydroxyl groups is 1. The smallest absolute Gasteiger partial charge is 0.411 e. The SMILES string of the molecule is Cn1cc(NC(=O)OCC2c3ccccc3-c3ccccc32)c(C(=O)N[C@H](CO)C(=O)O)n1. The van der Waals surface area contributed by atoms with Crippen LogP contribution in [0.2, 0.25) is 0 Å². The maximum absolute atomic E-state index is 12.5. The van der Waals surface area contributed by atoms with Crippen LogP contribution in [-0.4, -0.2) is 57.2 Å². The van der Waals surface area contributed by atoms with Crippen LogP contribution in [0, 0.1) is 0 Å². The lowest BCUT2D eigenvalue weighted by Gasteiger charge is -2.15. The summed E-state index contributed by atoms with van der Waals surface area (Å²) in [6, 6.07) is 14.4. The number of aliphatic hydroxyl groups excluding tert-OH is 1. The Labute approximate surface area is 188 Å². The van der Waals surface area contributed by atoms with Gasteiger partial charge < -0.3 is 20.3 Å². The van der Waals surface area contributed by atoms with Crippen LogP contribution in [0.15, 0.2) is 54.7 Å². The van der Waals surface area contributed by atoms with Crippen molar-refractivity contribution >= 4 is 23.7 Å². The Morgan fingerprint density at radius 3 is 2.27 bits per heavy atom. The van der Waals surface area contributed by atoms with Gasteiger partial charge in [0.2, 0.25) is 0 Å². The predicted octanol–water partition coefficient (Wildman–Crippen LogP) is 1.96. The van der Waals surface area contributed by atoms with Gasteiger partial charge in [-0.25, -0.2) is 9.59 Å². The van der Waals surface area contributed by atoms with Crippen molar-refractivity contribution in [1.82, 2.24) is 15.1 Å². The van der Waals surface area contributed by atoms with Gasteiger partial charge in [0.15, 0.2) is 11.7 Å².